The fourth-order valence-corrected chi connectivity index (χ4v) is 3.38. The highest BCUT2D eigenvalue weighted by atomic mass is 16.5. The highest BCUT2D eigenvalue weighted by Gasteiger charge is 2.34. The zero-order valence-electron chi connectivity index (χ0n) is 15.6. The molecule has 2 aromatic carbocycles. The predicted octanol–water partition coefficient (Wildman–Crippen LogP) is 3.39. The van der Waals surface area contributed by atoms with Crippen molar-refractivity contribution in [1.29, 1.82) is 0 Å². The predicted molar refractivity (Wildman–Crippen MR) is 106 cm³/mol. The third-order valence-corrected chi connectivity index (χ3v) is 4.79. The van der Waals surface area contributed by atoms with Gasteiger partial charge in [0, 0.05) is 11.1 Å². The first-order valence-electron chi connectivity index (χ1n) is 8.96. The van der Waals surface area contributed by atoms with Gasteiger partial charge >= 0.3 is 0 Å². The van der Waals surface area contributed by atoms with Crippen LogP contribution in [-0.2, 0) is 9.59 Å². The summed E-state index contributed by atoms with van der Waals surface area (Å²) in [5, 5.41) is 10.4. The van der Waals surface area contributed by atoms with Gasteiger partial charge in [-0.15, -0.1) is 0 Å². The number of fused-ring (bicyclic) bond motifs is 1. The Hall–Kier alpha value is -3.61. The zero-order chi connectivity index (χ0) is 19.7. The second kappa shape index (κ2) is 7.19. The SMILES string of the molecule is COc1ccccc1NC(=O)[C@H]1CC(=O)Nc2c(C)c(-c3ccccc3)nn21. The summed E-state index contributed by atoms with van der Waals surface area (Å²) < 4.78 is 6.89. The van der Waals surface area contributed by atoms with Crippen LogP contribution in [0.25, 0.3) is 11.3 Å². The molecule has 1 aliphatic rings. The van der Waals surface area contributed by atoms with Crippen molar-refractivity contribution in [2.75, 3.05) is 17.7 Å². The lowest BCUT2D eigenvalue weighted by Crippen LogP contribution is -2.36. The van der Waals surface area contributed by atoms with Crippen molar-refractivity contribution in [2.45, 2.75) is 19.4 Å². The number of nitrogens with zero attached hydrogens (tertiary/aromatic N) is 2. The van der Waals surface area contributed by atoms with Crippen LogP contribution in [0, 0.1) is 6.92 Å². The molecular weight excluding hydrogens is 356 g/mol. The molecule has 2 amide bonds. The van der Waals surface area contributed by atoms with E-state index in [0.717, 1.165) is 16.8 Å². The smallest absolute Gasteiger partial charge is 0.249 e. The minimum absolute atomic E-state index is 0.0172. The summed E-state index contributed by atoms with van der Waals surface area (Å²) in [4.78, 5) is 25.3. The van der Waals surface area contributed by atoms with E-state index in [-0.39, 0.29) is 18.2 Å². The summed E-state index contributed by atoms with van der Waals surface area (Å²) in [5.74, 6) is 0.575. The molecule has 1 aromatic heterocycles. The van der Waals surface area contributed by atoms with Crippen LogP contribution < -0.4 is 15.4 Å². The molecule has 0 aliphatic carbocycles. The summed E-state index contributed by atoms with van der Waals surface area (Å²) in [7, 11) is 1.54. The molecule has 7 nitrogen and oxygen atoms in total. The van der Waals surface area contributed by atoms with Gasteiger partial charge in [0.2, 0.25) is 11.8 Å². The normalized spacial score (nSPS) is 15.5. The maximum atomic E-state index is 13.0. The Morgan fingerprint density at radius 1 is 1.18 bits per heavy atom. The van der Waals surface area contributed by atoms with E-state index in [2.05, 4.69) is 15.7 Å². The Balaban J connectivity index is 1.70. The van der Waals surface area contributed by atoms with Crippen LogP contribution in [0.1, 0.15) is 18.0 Å². The largest absolute Gasteiger partial charge is 0.495 e. The van der Waals surface area contributed by atoms with Crippen LogP contribution in [-0.4, -0.2) is 28.7 Å². The molecule has 2 heterocycles. The molecule has 0 saturated heterocycles. The Labute approximate surface area is 162 Å². The molecule has 0 spiro atoms. The molecule has 4 rings (SSSR count). The van der Waals surface area contributed by atoms with Gasteiger partial charge in [-0.05, 0) is 19.1 Å². The molecule has 28 heavy (non-hydrogen) atoms. The van der Waals surface area contributed by atoms with Crippen molar-refractivity contribution in [3.63, 3.8) is 0 Å². The highest BCUT2D eigenvalue weighted by Crippen LogP contribution is 2.35. The van der Waals surface area contributed by atoms with E-state index in [1.54, 1.807) is 23.9 Å². The third kappa shape index (κ3) is 3.11. The van der Waals surface area contributed by atoms with E-state index in [4.69, 9.17) is 4.74 Å². The lowest BCUT2D eigenvalue weighted by molar-refractivity contribution is -0.125. The maximum Gasteiger partial charge on any atom is 0.249 e. The first-order chi connectivity index (χ1) is 13.6. The fourth-order valence-electron chi connectivity index (χ4n) is 3.38. The topological polar surface area (TPSA) is 85.2 Å². The summed E-state index contributed by atoms with van der Waals surface area (Å²) in [6.45, 7) is 1.89. The number of aromatic nitrogens is 2. The lowest BCUT2D eigenvalue weighted by atomic mass is 10.1. The van der Waals surface area contributed by atoms with Crippen molar-refractivity contribution in [3.05, 3.63) is 60.2 Å². The lowest BCUT2D eigenvalue weighted by Gasteiger charge is -2.24. The van der Waals surface area contributed by atoms with E-state index in [9.17, 15) is 9.59 Å². The van der Waals surface area contributed by atoms with E-state index >= 15 is 0 Å². The number of amides is 2. The van der Waals surface area contributed by atoms with E-state index in [1.165, 1.54) is 0 Å². The number of carbonyl (C=O) groups is 2. The molecule has 0 radical (unpaired) electrons. The number of ether oxygens (including phenoxy) is 1. The van der Waals surface area contributed by atoms with Gasteiger partial charge in [-0.3, -0.25) is 9.59 Å². The maximum absolute atomic E-state index is 13.0. The molecular formula is C21H20N4O3. The summed E-state index contributed by atoms with van der Waals surface area (Å²) >= 11 is 0. The molecule has 1 aliphatic heterocycles. The molecule has 2 N–H and O–H groups in total. The molecule has 142 valence electrons. The Morgan fingerprint density at radius 2 is 1.89 bits per heavy atom. The molecule has 1 atom stereocenters. The van der Waals surface area contributed by atoms with Crippen molar-refractivity contribution in [3.8, 4) is 17.0 Å². The Morgan fingerprint density at radius 3 is 2.64 bits per heavy atom. The monoisotopic (exact) mass is 376 g/mol. The summed E-state index contributed by atoms with van der Waals surface area (Å²) in [5.41, 5.74) is 3.05. The minimum atomic E-state index is -0.746. The van der Waals surface area contributed by atoms with Gasteiger partial charge in [0.05, 0.1) is 24.9 Å². The molecule has 0 bridgehead atoms. The van der Waals surface area contributed by atoms with Crippen molar-refractivity contribution >= 4 is 23.3 Å². The van der Waals surface area contributed by atoms with Crippen molar-refractivity contribution < 1.29 is 14.3 Å². The molecule has 0 fully saturated rings. The van der Waals surface area contributed by atoms with Crippen LogP contribution >= 0.6 is 0 Å². The standard InChI is InChI=1S/C21H20N4O3/c1-13-19(14-8-4-3-5-9-14)24-25-16(12-18(26)23-20(13)25)21(27)22-15-10-6-7-11-17(15)28-2/h3-11,16H,12H2,1-2H3,(H,22,27)(H,23,26)/t16-/m1/s1. The number of methoxy groups -OCH3 is 1. The van der Waals surface area contributed by atoms with Gasteiger partial charge in [-0.2, -0.15) is 5.10 Å². The second-order valence-corrected chi connectivity index (χ2v) is 6.59. The quantitative estimate of drug-likeness (QED) is 0.731. The number of para-hydroxylation sites is 2. The van der Waals surface area contributed by atoms with E-state index in [0.29, 0.717) is 17.3 Å². The molecule has 3 aromatic rings. The number of carbonyl (C=O) groups excluding carboxylic acids is 2. The summed E-state index contributed by atoms with van der Waals surface area (Å²) in [6, 6.07) is 16.1. The number of anilines is 2. The van der Waals surface area contributed by atoms with E-state index < -0.39 is 6.04 Å². The van der Waals surface area contributed by atoms with Gasteiger partial charge in [0.15, 0.2) is 0 Å². The highest BCUT2D eigenvalue weighted by molar-refractivity contribution is 6.02. The number of rotatable bonds is 4. The van der Waals surface area contributed by atoms with Gasteiger partial charge in [-0.1, -0.05) is 42.5 Å². The van der Waals surface area contributed by atoms with Crippen molar-refractivity contribution in [1.82, 2.24) is 9.78 Å². The number of hydrogen-bond acceptors (Lipinski definition) is 4. The second-order valence-electron chi connectivity index (χ2n) is 6.59. The zero-order valence-corrected chi connectivity index (χ0v) is 15.6. The van der Waals surface area contributed by atoms with Crippen LogP contribution in [0.2, 0.25) is 0 Å². The van der Waals surface area contributed by atoms with Gasteiger partial charge in [0.25, 0.3) is 0 Å². The molecule has 0 unspecified atom stereocenters. The third-order valence-electron chi connectivity index (χ3n) is 4.79. The van der Waals surface area contributed by atoms with Crippen LogP contribution in [0.5, 0.6) is 5.75 Å². The first-order valence-corrected chi connectivity index (χ1v) is 8.96. The van der Waals surface area contributed by atoms with E-state index in [1.807, 2.05) is 49.4 Å². The van der Waals surface area contributed by atoms with Gasteiger partial charge < -0.3 is 15.4 Å². The average Bonchev–Trinajstić information content (AvgIpc) is 3.05. The fraction of sp³-hybridized carbons (Fsp3) is 0.190. The Bertz CT molecular complexity index is 1040. The minimum Gasteiger partial charge on any atom is -0.495 e. The van der Waals surface area contributed by atoms with Crippen LogP contribution in [0.3, 0.4) is 0 Å². The molecule has 7 heteroatoms. The number of benzene rings is 2. The van der Waals surface area contributed by atoms with Gasteiger partial charge in [0.1, 0.15) is 17.6 Å². The van der Waals surface area contributed by atoms with Crippen molar-refractivity contribution in [2.24, 2.45) is 0 Å². The Kier molecular flexibility index (Phi) is 4.57. The summed E-state index contributed by atoms with van der Waals surface area (Å²) in [6.07, 6.45) is 0.0172. The number of nitrogens with one attached hydrogen (secondary N) is 2. The van der Waals surface area contributed by atoms with Crippen LogP contribution in [0.4, 0.5) is 11.5 Å². The van der Waals surface area contributed by atoms with Crippen LogP contribution in [0.15, 0.2) is 54.6 Å². The first kappa shape index (κ1) is 17.8. The average molecular weight is 376 g/mol. The van der Waals surface area contributed by atoms with Gasteiger partial charge in [-0.25, -0.2) is 4.68 Å². The molecule has 0 saturated carbocycles. The number of hydrogen-bond donors (Lipinski definition) is 2.